The molecule has 0 fully saturated rings. The molecule has 0 aliphatic heterocycles. The molecule has 138 valence electrons. The summed E-state index contributed by atoms with van der Waals surface area (Å²) in [6.07, 6.45) is -0.378. The fraction of sp³-hybridized carbons (Fsp3) is 0.400. The lowest BCUT2D eigenvalue weighted by molar-refractivity contribution is 0.190. The Balaban J connectivity index is 0.00000312. The highest BCUT2D eigenvalue weighted by molar-refractivity contribution is 5.85. The SMILES string of the molecule is CCOc1cccc(CNCC(C)O)c1OCc1ccc(C)cc1.Cl. The van der Waals surface area contributed by atoms with Crippen LogP contribution in [0.2, 0.25) is 0 Å². The third-order valence-electron chi connectivity index (χ3n) is 3.62. The molecule has 2 aromatic rings. The molecular weight excluding hydrogens is 338 g/mol. The summed E-state index contributed by atoms with van der Waals surface area (Å²) in [5.41, 5.74) is 3.37. The number of hydrogen-bond acceptors (Lipinski definition) is 4. The molecule has 0 heterocycles. The van der Waals surface area contributed by atoms with Crippen molar-refractivity contribution >= 4 is 12.4 Å². The van der Waals surface area contributed by atoms with Gasteiger partial charge in [0.15, 0.2) is 11.5 Å². The Morgan fingerprint density at radius 1 is 1.08 bits per heavy atom. The smallest absolute Gasteiger partial charge is 0.166 e. The summed E-state index contributed by atoms with van der Waals surface area (Å²) in [7, 11) is 0. The summed E-state index contributed by atoms with van der Waals surface area (Å²) in [6, 6.07) is 14.2. The summed E-state index contributed by atoms with van der Waals surface area (Å²) >= 11 is 0. The van der Waals surface area contributed by atoms with Gasteiger partial charge in [0.1, 0.15) is 6.61 Å². The number of aryl methyl sites for hydroxylation is 1. The van der Waals surface area contributed by atoms with Gasteiger partial charge in [-0.25, -0.2) is 0 Å². The molecule has 0 aromatic heterocycles. The van der Waals surface area contributed by atoms with Crippen molar-refractivity contribution in [3.63, 3.8) is 0 Å². The number of benzene rings is 2. The Morgan fingerprint density at radius 2 is 1.80 bits per heavy atom. The van der Waals surface area contributed by atoms with E-state index >= 15 is 0 Å². The molecule has 0 spiro atoms. The third kappa shape index (κ3) is 6.94. The summed E-state index contributed by atoms with van der Waals surface area (Å²) in [5.74, 6) is 1.51. The van der Waals surface area contributed by atoms with Crippen LogP contribution in [0, 0.1) is 6.92 Å². The predicted octanol–water partition coefficient (Wildman–Crippen LogP) is 3.86. The van der Waals surface area contributed by atoms with E-state index in [0.717, 1.165) is 22.6 Å². The van der Waals surface area contributed by atoms with Gasteiger partial charge in [-0.2, -0.15) is 0 Å². The van der Waals surface area contributed by atoms with Crippen LogP contribution in [-0.2, 0) is 13.2 Å². The van der Waals surface area contributed by atoms with E-state index in [2.05, 4.69) is 36.5 Å². The van der Waals surface area contributed by atoms with Crippen molar-refractivity contribution in [1.29, 1.82) is 0 Å². The van der Waals surface area contributed by atoms with Crippen molar-refractivity contribution in [1.82, 2.24) is 5.32 Å². The second kappa shape index (κ2) is 11.0. The zero-order valence-corrected chi connectivity index (χ0v) is 15.9. The molecule has 2 rings (SSSR count). The lowest BCUT2D eigenvalue weighted by Crippen LogP contribution is -2.24. The molecule has 2 aromatic carbocycles. The minimum atomic E-state index is -0.378. The monoisotopic (exact) mass is 365 g/mol. The first-order chi connectivity index (χ1) is 11.6. The number of ether oxygens (including phenoxy) is 2. The van der Waals surface area contributed by atoms with Gasteiger partial charge in [-0.05, 0) is 32.4 Å². The van der Waals surface area contributed by atoms with E-state index < -0.39 is 0 Å². The maximum absolute atomic E-state index is 9.39. The zero-order valence-electron chi connectivity index (χ0n) is 15.1. The fourth-order valence-corrected chi connectivity index (χ4v) is 2.39. The van der Waals surface area contributed by atoms with E-state index in [1.54, 1.807) is 6.92 Å². The van der Waals surface area contributed by atoms with Gasteiger partial charge in [-0.15, -0.1) is 12.4 Å². The van der Waals surface area contributed by atoms with Crippen LogP contribution < -0.4 is 14.8 Å². The lowest BCUT2D eigenvalue weighted by Gasteiger charge is -2.17. The maximum atomic E-state index is 9.39. The van der Waals surface area contributed by atoms with Crippen molar-refractivity contribution in [3.05, 3.63) is 59.2 Å². The molecule has 1 unspecified atom stereocenters. The van der Waals surface area contributed by atoms with Crippen LogP contribution in [-0.4, -0.2) is 24.4 Å². The highest BCUT2D eigenvalue weighted by Gasteiger charge is 2.11. The number of aliphatic hydroxyl groups is 1. The molecular formula is C20H28ClNO3. The van der Waals surface area contributed by atoms with E-state index in [4.69, 9.17) is 9.47 Å². The molecule has 0 saturated heterocycles. The zero-order chi connectivity index (χ0) is 17.4. The van der Waals surface area contributed by atoms with Crippen molar-refractivity contribution < 1.29 is 14.6 Å². The molecule has 0 radical (unpaired) electrons. The number of para-hydroxylation sites is 1. The summed E-state index contributed by atoms with van der Waals surface area (Å²) < 4.78 is 11.8. The topological polar surface area (TPSA) is 50.7 Å². The molecule has 0 aliphatic rings. The number of nitrogens with one attached hydrogen (secondary N) is 1. The van der Waals surface area contributed by atoms with E-state index in [1.807, 2.05) is 25.1 Å². The first-order valence-corrected chi connectivity index (χ1v) is 8.42. The van der Waals surface area contributed by atoms with Crippen molar-refractivity contribution in [3.8, 4) is 11.5 Å². The highest BCUT2D eigenvalue weighted by Crippen LogP contribution is 2.32. The normalized spacial score (nSPS) is 11.5. The van der Waals surface area contributed by atoms with Gasteiger partial charge in [0.2, 0.25) is 0 Å². The average molecular weight is 366 g/mol. The Bertz CT molecular complexity index is 629. The number of hydrogen-bond donors (Lipinski definition) is 2. The minimum Gasteiger partial charge on any atom is -0.490 e. The Hall–Kier alpha value is -1.75. The van der Waals surface area contributed by atoms with Crippen LogP contribution >= 0.6 is 12.4 Å². The van der Waals surface area contributed by atoms with Gasteiger partial charge in [-0.3, -0.25) is 0 Å². The standard InChI is InChI=1S/C20H27NO3.ClH/c1-4-23-19-7-5-6-18(13-21-12-16(3)22)20(19)24-14-17-10-8-15(2)9-11-17;/h5-11,16,21-22H,4,12-14H2,1-3H3;1H. The first kappa shape index (κ1) is 21.3. The second-order valence-electron chi connectivity index (χ2n) is 5.93. The van der Waals surface area contributed by atoms with Gasteiger partial charge in [-0.1, -0.05) is 42.0 Å². The first-order valence-electron chi connectivity index (χ1n) is 8.42. The van der Waals surface area contributed by atoms with Crippen molar-refractivity contribution in [2.45, 2.75) is 40.0 Å². The van der Waals surface area contributed by atoms with Gasteiger partial charge in [0, 0.05) is 18.7 Å². The van der Waals surface area contributed by atoms with Crippen LogP contribution in [0.1, 0.15) is 30.5 Å². The average Bonchev–Trinajstić information content (AvgIpc) is 2.55. The largest absolute Gasteiger partial charge is 0.490 e. The second-order valence-corrected chi connectivity index (χ2v) is 5.93. The van der Waals surface area contributed by atoms with E-state index in [-0.39, 0.29) is 18.5 Å². The lowest BCUT2D eigenvalue weighted by atomic mass is 10.1. The van der Waals surface area contributed by atoms with E-state index in [1.165, 1.54) is 5.56 Å². The number of aliphatic hydroxyl groups excluding tert-OH is 1. The molecule has 2 N–H and O–H groups in total. The Morgan fingerprint density at radius 3 is 2.44 bits per heavy atom. The maximum Gasteiger partial charge on any atom is 0.166 e. The minimum absolute atomic E-state index is 0. The highest BCUT2D eigenvalue weighted by atomic mass is 35.5. The van der Waals surface area contributed by atoms with Crippen LogP contribution in [0.4, 0.5) is 0 Å². The van der Waals surface area contributed by atoms with Gasteiger partial charge in [0.25, 0.3) is 0 Å². The fourth-order valence-electron chi connectivity index (χ4n) is 2.39. The van der Waals surface area contributed by atoms with Crippen LogP contribution in [0.25, 0.3) is 0 Å². The molecule has 25 heavy (non-hydrogen) atoms. The molecule has 4 nitrogen and oxygen atoms in total. The predicted molar refractivity (Wildman–Crippen MR) is 104 cm³/mol. The molecule has 0 amide bonds. The Labute approximate surface area is 156 Å². The molecule has 0 aliphatic carbocycles. The number of rotatable bonds is 9. The Kier molecular flexibility index (Phi) is 9.35. The summed E-state index contributed by atoms with van der Waals surface area (Å²) in [6.45, 7) is 8.03. The molecule has 5 heteroatoms. The van der Waals surface area contributed by atoms with E-state index in [0.29, 0.717) is 26.3 Å². The van der Waals surface area contributed by atoms with Crippen molar-refractivity contribution in [2.75, 3.05) is 13.2 Å². The van der Waals surface area contributed by atoms with Crippen molar-refractivity contribution in [2.24, 2.45) is 0 Å². The molecule has 0 saturated carbocycles. The van der Waals surface area contributed by atoms with E-state index in [9.17, 15) is 5.11 Å². The van der Waals surface area contributed by atoms with Crippen LogP contribution in [0.15, 0.2) is 42.5 Å². The van der Waals surface area contributed by atoms with Gasteiger partial charge < -0.3 is 19.9 Å². The number of halogens is 1. The quantitative estimate of drug-likeness (QED) is 0.708. The third-order valence-corrected chi connectivity index (χ3v) is 3.62. The summed E-state index contributed by atoms with van der Waals surface area (Å²) in [4.78, 5) is 0. The van der Waals surface area contributed by atoms with Gasteiger partial charge in [0.05, 0.1) is 12.7 Å². The van der Waals surface area contributed by atoms with Crippen LogP contribution in [0.3, 0.4) is 0 Å². The van der Waals surface area contributed by atoms with Crippen LogP contribution in [0.5, 0.6) is 11.5 Å². The summed E-state index contributed by atoms with van der Waals surface area (Å²) in [5, 5.41) is 12.6. The molecule has 0 bridgehead atoms. The molecule has 1 atom stereocenters. The van der Waals surface area contributed by atoms with Gasteiger partial charge >= 0.3 is 0 Å².